The Kier molecular flexibility index (Phi) is 5.04. The van der Waals surface area contributed by atoms with Crippen molar-refractivity contribution in [3.63, 3.8) is 0 Å². The third-order valence-electron chi connectivity index (χ3n) is 3.61. The van der Waals surface area contributed by atoms with Crippen LogP contribution in [0.3, 0.4) is 0 Å². The molecule has 0 saturated carbocycles. The molecule has 1 aromatic heterocycles. The topological polar surface area (TPSA) is 71.2 Å². The van der Waals surface area contributed by atoms with Crippen molar-refractivity contribution in [2.24, 2.45) is 0 Å². The zero-order chi connectivity index (χ0) is 14.7. The Hall–Kier alpha value is -1.08. The van der Waals surface area contributed by atoms with Gasteiger partial charge in [0.1, 0.15) is 0 Å². The van der Waals surface area contributed by atoms with Crippen molar-refractivity contribution in [2.75, 3.05) is 43.6 Å². The summed E-state index contributed by atoms with van der Waals surface area (Å²) >= 11 is 2.06. The highest BCUT2D eigenvalue weighted by molar-refractivity contribution is 8.00. The van der Waals surface area contributed by atoms with Gasteiger partial charge in [-0.1, -0.05) is 6.92 Å². The maximum absolute atomic E-state index is 5.81. The van der Waals surface area contributed by atoms with Crippen LogP contribution in [0.2, 0.25) is 0 Å². The van der Waals surface area contributed by atoms with E-state index in [1.165, 1.54) is 12.2 Å². The summed E-state index contributed by atoms with van der Waals surface area (Å²) in [5.74, 6) is 2.86. The highest BCUT2D eigenvalue weighted by Gasteiger charge is 2.26. The van der Waals surface area contributed by atoms with Gasteiger partial charge in [0.2, 0.25) is 11.9 Å². The maximum atomic E-state index is 5.81. The van der Waals surface area contributed by atoms with Crippen LogP contribution >= 0.6 is 11.8 Å². The van der Waals surface area contributed by atoms with Gasteiger partial charge in [-0.2, -0.15) is 26.7 Å². The second-order valence-corrected chi connectivity index (χ2v) is 6.73. The van der Waals surface area contributed by atoms with Crippen molar-refractivity contribution < 1.29 is 0 Å². The van der Waals surface area contributed by atoms with Crippen LogP contribution in [0, 0.1) is 0 Å². The van der Waals surface area contributed by atoms with Gasteiger partial charge >= 0.3 is 0 Å². The number of hydrogen-bond donors (Lipinski definition) is 1. The smallest absolute Gasteiger partial charge is 0.229 e. The number of hydrogen-bond acceptors (Lipinski definition) is 7. The normalized spacial score (nSPS) is 21.7. The molecule has 2 rings (SSSR count). The highest BCUT2D eigenvalue weighted by atomic mass is 32.2. The number of nitrogen functional groups attached to an aromatic ring is 1. The average molecular weight is 296 g/mol. The molecule has 2 heterocycles. The van der Waals surface area contributed by atoms with E-state index in [0.29, 0.717) is 17.1 Å². The lowest BCUT2D eigenvalue weighted by atomic mass is 10.2. The molecule has 0 amide bonds. The predicted molar refractivity (Wildman–Crippen MR) is 85.1 cm³/mol. The van der Waals surface area contributed by atoms with E-state index in [0.717, 1.165) is 18.9 Å². The molecule has 20 heavy (non-hydrogen) atoms. The zero-order valence-electron chi connectivity index (χ0n) is 12.7. The molecule has 112 valence electrons. The third kappa shape index (κ3) is 3.52. The molecule has 0 radical (unpaired) electrons. The van der Waals surface area contributed by atoms with Crippen LogP contribution in [0.1, 0.15) is 32.1 Å². The van der Waals surface area contributed by atoms with Crippen molar-refractivity contribution in [1.29, 1.82) is 0 Å². The molecule has 0 unspecified atom stereocenters. The molecule has 7 heteroatoms. The summed E-state index contributed by atoms with van der Waals surface area (Å²) in [6.07, 6.45) is 1.20. The van der Waals surface area contributed by atoms with Crippen LogP contribution in [-0.4, -0.2) is 58.0 Å². The molecule has 2 N–H and O–H groups in total. The SMILES string of the molecule is CC[C@H]1CN([C@@H](C)c2nc(N)nc(N(C)C)n2)CCS1. The van der Waals surface area contributed by atoms with E-state index < -0.39 is 0 Å². The van der Waals surface area contributed by atoms with Crippen LogP contribution in [-0.2, 0) is 0 Å². The van der Waals surface area contributed by atoms with Gasteiger partial charge < -0.3 is 10.6 Å². The van der Waals surface area contributed by atoms with Crippen LogP contribution in [0.5, 0.6) is 0 Å². The summed E-state index contributed by atoms with van der Waals surface area (Å²) in [6.45, 7) is 6.56. The molecular formula is C13H24N6S. The van der Waals surface area contributed by atoms with Gasteiger partial charge in [-0.15, -0.1) is 0 Å². The van der Waals surface area contributed by atoms with E-state index in [-0.39, 0.29) is 6.04 Å². The fraction of sp³-hybridized carbons (Fsp3) is 0.769. The first kappa shape index (κ1) is 15.3. The molecule has 1 saturated heterocycles. The molecular weight excluding hydrogens is 272 g/mol. The van der Waals surface area contributed by atoms with E-state index in [1.54, 1.807) is 0 Å². The second kappa shape index (κ2) is 6.58. The molecule has 0 aromatic carbocycles. The van der Waals surface area contributed by atoms with Crippen LogP contribution in [0.25, 0.3) is 0 Å². The minimum Gasteiger partial charge on any atom is -0.368 e. The Morgan fingerprint density at radius 2 is 2.15 bits per heavy atom. The number of thioether (sulfide) groups is 1. The average Bonchev–Trinajstić information content (AvgIpc) is 2.45. The Balaban J connectivity index is 2.17. The summed E-state index contributed by atoms with van der Waals surface area (Å²) in [5.41, 5.74) is 5.81. The van der Waals surface area contributed by atoms with Gasteiger partial charge in [-0.3, -0.25) is 4.90 Å². The summed E-state index contributed by atoms with van der Waals surface area (Å²) in [4.78, 5) is 17.3. The number of anilines is 2. The zero-order valence-corrected chi connectivity index (χ0v) is 13.5. The summed E-state index contributed by atoms with van der Waals surface area (Å²) in [6, 6.07) is 0.175. The van der Waals surface area contributed by atoms with Crippen molar-refractivity contribution in [3.05, 3.63) is 5.82 Å². The van der Waals surface area contributed by atoms with E-state index >= 15 is 0 Å². The van der Waals surface area contributed by atoms with Gasteiger partial charge in [0.25, 0.3) is 0 Å². The van der Waals surface area contributed by atoms with Gasteiger partial charge in [0, 0.05) is 38.2 Å². The number of nitrogens with zero attached hydrogens (tertiary/aromatic N) is 5. The summed E-state index contributed by atoms with van der Waals surface area (Å²) in [5, 5.41) is 0.707. The van der Waals surface area contributed by atoms with Gasteiger partial charge in [0.15, 0.2) is 5.82 Å². The number of rotatable bonds is 4. The van der Waals surface area contributed by atoms with Gasteiger partial charge in [-0.25, -0.2) is 0 Å². The Bertz CT molecular complexity index is 452. The second-order valence-electron chi connectivity index (χ2n) is 5.32. The first-order valence-corrected chi connectivity index (χ1v) is 8.10. The molecule has 1 fully saturated rings. The number of nitrogens with two attached hydrogens (primary N) is 1. The van der Waals surface area contributed by atoms with Crippen LogP contribution in [0.4, 0.5) is 11.9 Å². The molecule has 1 aliphatic rings. The van der Waals surface area contributed by atoms with E-state index in [9.17, 15) is 0 Å². The summed E-state index contributed by atoms with van der Waals surface area (Å²) < 4.78 is 0. The fourth-order valence-electron chi connectivity index (χ4n) is 2.29. The molecule has 1 aromatic rings. The lowest BCUT2D eigenvalue weighted by Gasteiger charge is -2.35. The first-order valence-electron chi connectivity index (χ1n) is 7.05. The Morgan fingerprint density at radius 3 is 2.80 bits per heavy atom. The largest absolute Gasteiger partial charge is 0.368 e. The molecule has 0 bridgehead atoms. The minimum atomic E-state index is 0.175. The molecule has 1 aliphatic heterocycles. The van der Waals surface area contributed by atoms with Crippen molar-refractivity contribution >= 4 is 23.7 Å². The lowest BCUT2D eigenvalue weighted by Crippen LogP contribution is -2.40. The van der Waals surface area contributed by atoms with E-state index in [4.69, 9.17) is 5.73 Å². The van der Waals surface area contributed by atoms with Gasteiger partial charge in [0.05, 0.1) is 6.04 Å². The first-order chi connectivity index (χ1) is 9.51. The molecule has 0 aliphatic carbocycles. The predicted octanol–water partition coefficient (Wildman–Crippen LogP) is 1.41. The monoisotopic (exact) mass is 296 g/mol. The minimum absolute atomic E-state index is 0.175. The Labute approximate surface area is 125 Å². The quantitative estimate of drug-likeness (QED) is 0.900. The van der Waals surface area contributed by atoms with Crippen LogP contribution in [0.15, 0.2) is 0 Å². The Morgan fingerprint density at radius 1 is 1.40 bits per heavy atom. The van der Waals surface area contributed by atoms with Gasteiger partial charge in [-0.05, 0) is 13.3 Å². The lowest BCUT2D eigenvalue weighted by molar-refractivity contribution is 0.209. The summed E-state index contributed by atoms with van der Waals surface area (Å²) in [7, 11) is 3.82. The van der Waals surface area contributed by atoms with E-state index in [1.807, 2.05) is 19.0 Å². The fourth-order valence-corrected chi connectivity index (χ4v) is 3.49. The molecule has 6 nitrogen and oxygen atoms in total. The molecule has 2 atom stereocenters. The third-order valence-corrected chi connectivity index (χ3v) is 4.98. The highest BCUT2D eigenvalue weighted by Crippen LogP contribution is 2.27. The molecule has 0 spiro atoms. The van der Waals surface area contributed by atoms with E-state index in [2.05, 4.69) is 45.5 Å². The van der Waals surface area contributed by atoms with Crippen LogP contribution < -0.4 is 10.6 Å². The standard InChI is InChI=1S/C13H24N6S/c1-5-10-8-19(6-7-20-10)9(2)11-15-12(14)17-13(16-11)18(3)4/h9-10H,5-8H2,1-4H3,(H2,14,15,16,17)/t9-,10-/m0/s1. The van der Waals surface area contributed by atoms with Crippen molar-refractivity contribution in [2.45, 2.75) is 31.6 Å². The number of aromatic nitrogens is 3. The van der Waals surface area contributed by atoms with Crippen molar-refractivity contribution in [1.82, 2.24) is 19.9 Å². The van der Waals surface area contributed by atoms with Crippen molar-refractivity contribution in [3.8, 4) is 0 Å². The maximum Gasteiger partial charge on any atom is 0.229 e.